The van der Waals surface area contributed by atoms with Gasteiger partial charge in [0.25, 0.3) is 21.8 Å². The van der Waals surface area contributed by atoms with E-state index in [1.165, 1.54) is 30.5 Å². The van der Waals surface area contributed by atoms with Gasteiger partial charge in [0.05, 0.1) is 33.4 Å². The smallest absolute Gasteiger partial charge is 0.417 e. The van der Waals surface area contributed by atoms with Gasteiger partial charge in [0.15, 0.2) is 6.61 Å². The van der Waals surface area contributed by atoms with E-state index in [9.17, 15) is 31.2 Å². The molecule has 0 saturated carbocycles. The molecule has 0 aliphatic carbocycles. The average Bonchev–Trinajstić information content (AvgIpc) is 3.03. The maximum Gasteiger partial charge on any atom is 0.417 e. The lowest BCUT2D eigenvalue weighted by Crippen LogP contribution is -2.39. The zero-order valence-electron chi connectivity index (χ0n) is 25.2. The number of hydrogen-bond donors (Lipinski definition) is 2. The normalized spacial score (nSPS) is 12.4. The van der Waals surface area contributed by atoms with Gasteiger partial charge in [0, 0.05) is 0 Å². The lowest BCUT2D eigenvalue weighted by atomic mass is 10.1. The number of anilines is 1. The van der Waals surface area contributed by atoms with E-state index in [1.807, 2.05) is 37.3 Å². The van der Waals surface area contributed by atoms with E-state index in [0.29, 0.717) is 21.7 Å². The molecule has 0 aromatic heterocycles. The van der Waals surface area contributed by atoms with Crippen molar-refractivity contribution in [2.45, 2.75) is 31.0 Å². The summed E-state index contributed by atoms with van der Waals surface area (Å²) in [6, 6.07) is 23.9. The van der Waals surface area contributed by atoms with Gasteiger partial charge in [-0.2, -0.15) is 18.3 Å². The Morgan fingerprint density at radius 2 is 1.62 bits per heavy atom. The molecule has 0 unspecified atom stereocenters. The average molecular weight is 687 g/mol. The molecule has 2 amide bonds. The number of nitrogens with one attached hydrogen (secondary N) is 2. The fourth-order valence-electron chi connectivity index (χ4n) is 4.29. The molecular weight excluding hydrogens is 657 g/mol. The van der Waals surface area contributed by atoms with Crippen LogP contribution in [0.3, 0.4) is 0 Å². The molecule has 0 aliphatic heterocycles. The first-order valence-electron chi connectivity index (χ1n) is 14.1. The first-order valence-corrected chi connectivity index (χ1v) is 15.9. The fourth-order valence-corrected chi connectivity index (χ4v) is 5.93. The van der Waals surface area contributed by atoms with Crippen LogP contribution in [0.25, 0.3) is 0 Å². The third kappa shape index (κ3) is 9.56. The third-order valence-electron chi connectivity index (χ3n) is 6.77. The van der Waals surface area contributed by atoms with Gasteiger partial charge in [-0.05, 0) is 79.6 Å². The van der Waals surface area contributed by atoms with Crippen LogP contribution in [0.4, 0.5) is 18.9 Å². The van der Waals surface area contributed by atoms with Crippen LogP contribution in [-0.2, 0) is 25.8 Å². The van der Waals surface area contributed by atoms with Crippen molar-refractivity contribution in [1.29, 1.82) is 0 Å². The van der Waals surface area contributed by atoms with Crippen molar-refractivity contribution in [3.05, 3.63) is 124 Å². The highest BCUT2D eigenvalue weighted by Gasteiger charge is 2.35. The van der Waals surface area contributed by atoms with Gasteiger partial charge in [-0.1, -0.05) is 59.6 Å². The van der Waals surface area contributed by atoms with E-state index < -0.39 is 44.9 Å². The van der Waals surface area contributed by atoms with Crippen molar-refractivity contribution in [3.63, 3.8) is 0 Å². The van der Waals surface area contributed by atoms with Gasteiger partial charge in [0.1, 0.15) is 12.3 Å². The fraction of sp³-hybridized carbons (Fsp3) is 0.182. The van der Waals surface area contributed by atoms with Crippen molar-refractivity contribution in [2.24, 2.45) is 5.10 Å². The Morgan fingerprint density at radius 1 is 0.957 bits per heavy atom. The Labute approximate surface area is 275 Å². The Morgan fingerprint density at radius 3 is 2.26 bits per heavy atom. The lowest BCUT2D eigenvalue weighted by molar-refractivity contribution is -0.137. The molecule has 47 heavy (non-hydrogen) atoms. The topological polar surface area (TPSA) is 117 Å². The van der Waals surface area contributed by atoms with Crippen molar-refractivity contribution in [3.8, 4) is 5.75 Å². The number of sulfonamides is 1. The summed E-state index contributed by atoms with van der Waals surface area (Å²) in [5.41, 5.74) is 2.76. The molecule has 14 heteroatoms. The second-order valence-electron chi connectivity index (χ2n) is 10.3. The zero-order valence-corrected chi connectivity index (χ0v) is 26.7. The second kappa shape index (κ2) is 15.1. The first kappa shape index (κ1) is 35.0. The number of aryl methyl sites for hydroxylation is 1. The van der Waals surface area contributed by atoms with Crippen molar-refractivity contribution in [1.82, 2.24) is 10.7 Å². The van der Waals surface area contributed by atoms with Crippen LogP contribution < -0.4 is 19.8 Å². The molecule has 0 radical (unpaired) electrons. The summed E-state index contributed by atoms with van der Waals surface area (Å²) in [6.07, 6.45) is -3.59. The number of alkyl halides is 3. The summed E-state index contributed by atoms with van der Waals surface area (Å²) < 4.78 is 73.9. The van der Waals surface area contributed by atoms with Crippen LogP contribution >= 0.6 is 11.6 Å². The van der Waals surface area contributed by atoms with Gasteiger partial charge in [-0.15, -0.1) is 0 Å². The number of carbonyl (C=O) groups is 2. The Kier molecular flexibility index (Phi) is 11.3. The summed E-state index contributed by atoms with van der Waals surface area (Å²) in [4.78, 5) is 24.9. The highest BCUT2D eigenvalue weighted by Crippen LogP contribution is 2.38. The molecule has 4 rings (SSSR count). The number of carbonyl (C=O) groups excluding carboxylic acids is 2. The molecule has 9 nitrogen and oxygen atoms in total. The van der Waals surface area contributed by atoms with Gasteiger partial charge >= 0.3 is 6.18 Å². The minimum atomic E-state index is -4.87. The number of hydrogen-bond acceptors (Lipinski definition) is 6. The molecule has 246 valence electrons. The maximum absolute atomic E-state index is 13.6. The molecule has 2 N–H and O–H groups in total. The van der Waals surface area contributed by atoms with Gasteiger partial charge < -0.3 is 10.1 Å². The maximum atomic E-state index is 13.6. The zero-order chi connectivity index (χ0) is 34.2. The van der Waals surface area contributed by atoms with Crippen LogP contribution in [0.2, 0.25) is 5.02 Å². The highest BCUT2D eigenvalue weighted by atomic mass is 35.5. The number of amides is 2. The van der Waals surface area contributed by atoms with Crippen molar-refractivity contribution >= 4 is 45.3 Å². The summed E-state index contributed by atoms with van der Waals surface area (Å²) in [5, 5.41) is 6.06. The molecule has 4 aromatic carbocycles. The SMILES string of the molecule is Cc1ccc(S(=O)(=O)N(CC(=O)N/N=C\c2ccc(OCC(=O)N[C@@H](C)c3ccccc3)cc2)c2ccc(Cl)c(C(F)(F)F)c2)cc1. The predicted molar refractivity (Wildman–Crippen MR) is 173 cm³/mol. The summed E-state index contributed by atoms with van der Waals surface area (Å²) in [6.45, 7) is 2.51. The molecule has 0 heterocycles. The number of nitrogens with zero attached hydrogens (tertiary/aromatic N) is 2. The van der Waals surface area contributed by atoms with Crippen LogP contribution in [0.5, 0.6) is 5.75 Å². The molecule has 4 aromatic rings. The highest BCUT2D eigenvalue weighted by molar-refractivity contribution is 7.92. The Bertz CT molecular complexity index is 1840. The van der Waals surface area contributed by atoms with E-state index in [4.69, 9.17) is 16.3 Å². The standard InChI is InChI=1S/C33H30ClF3N4O5S/c1-22-8-15-28(16-9-22)47(44,45)41(26-12-17-30(34)29(18-26)33(35,36)37)20-31(42)40-38-19-24-10-13-27(14-11-24)46-21-32(43)39-23(2)25-6-4-3-5-7-25/h3-19,23H,20-21H2,1-2H3,(H,39,43)(H,40,42)/b38-19-/t23-/m0/s1. The number of benzene rings is 4. The Balaban J connectivity index is 1.40. The van der Waals surface area contributed by atoms with E-state index in [-0.39, 0.29) is 23.5 Å². The predicted octanol–water partition coefficient (Wildman–Crippen LogP) is 6.27. The summed E-state index contributed by atoms with van der Waals surface area (Å²) in [5.74, 6) is -0.815. The monoisotopic (exact) mass is 686 g/mol. The van der Waals surface area contributed by atoms with E-state index in [1.54, 1.807) is 31.2 Å². The largest absolute Gasteiger partial charge is 0.484 e. The molecule has 0 spiro atoms. The molecule has 0 bridgehead atoms. The minimum absolute atomic E-state index is 0.195. The molecule has 0 saturated heterocycles. The molecule has 0 aliphatic rings. The van der Waals surface area contributed by atoms with Crippen LogP contribution in [0.1, 0.15) is 35.2 Å². The number of halogens is 4. The van der Waals surface area contributed by atoms with Gasteiger partial charge in [-0.25, -0.2) is 13.8 Å². The Hall–Kier alpha value is -4.88. The molecule has 1 atom stereocenters. The first-order chi connectivity index (χ1) is 22.2. The third-order valence-corrected chi connectivity index (χ3v) is 8.89. The van der Waals surface area contributed by atoms with Crippen LogP contribution in [-0.4, -0.2) is 39.6 Å². The van der Waals surface area contributed by atoms with Crippen LogP contribution in [0.15, 0.2) is 107 Å². The summed E-state index contributed by atoms with van der Waals surface area (Å²) in [7, 11) is -4.49. The van der Waals surface area contributed by atoms with E-state index in [0.717, 1.165) is 23.3 Å². The van der Waals surface area contributed by atoms with E-state index >= 15 is 0 Å². The molecule has 0 fully saturated rings. The van der Waals surface area contributed by atoms with Crippen molar-refractivity contribution in [2.75, 3.05) is 17.5 Å². The van der Waals surface area contributed by atoms with Gasteiger partial charge in [-0.3, -0.25) is 13.9 Å². The van der Waals surface area contributed by atoms with E-state index in [2.05, 4.69) is 15.8 Å². The van der Waals surface area contributed by atoms with Crippen molar-refractivity contribution < 1.29 is 35.9 Å². The molecular formula is C33H30ClF3N4O5S. The summed E-state index contributed by atoms with van der Waals surface area (Å²) >= 11 is 5.73. The quantitative estimate of drug-likeness (QED) is 0.135. The number of hydrazone groups is 1. The number of ether oxygens (including phenoxy) is 1. The van der Waals surface area contributed by atoms with Gasteiger partial charge in [0.2, 0.25) is 0 Å². The number of rotatable bonds is 12. The second-order valence-corrected chi connectivity index (χ2v) is 12.6. The van der Waals surface area contributed by atoms with Crippen LogP contribution in [0, 0.1) is 6.92 Å². The minimum Gasteiger partial charge on any atom is -0.484 e. The lowest BCUT2D eigenvalue weighted by Gasteiger charge is -2.25.